The zero-order valence-corrected chi connectivity index (χ0v) is 10.5. The van der Waals surface area contributed by atoms with Gasteiger partial charge >= 0.3 is 0 Å². The van der Waals surface area contributed by atoms with Gasteiger partial charge in [0.15, 0.2) is 0 Å². The van der Waals surface area contributed by atoms with Crippen molar-refractivity contribution in [3.05, 3.63) is 28.2 Å². The van der Waals surface area contributed by atoms with Gasteiger partial charge in [-0.25, -0.2) is 0 Å². The average Bonchev–Trinajstić information content (AvgIpc) is 2.29. The lowest BCUT2D eigenvalue weighted by Crippen LogP contribution is -2.30. The number of hydrogen-bond acceptors (Lipinski definition) is 4. The fraction of sp³-hybridized carbons (Fsp3) is 0.455. The van der Waals surface area contributed by atoms with Crippen molar-refractivity contribution in [2.75, 3.05) is 31.2 Å². The molecule has 4 nitrogen and oxygen atoms in total. The summed E-state index contributed by atoms with van der Waals surface area (Å²) in [6.07, 6.45) is 0. The third-order valence-electron chi connectivity index (χ3n) is 2.30. The van der Waals surface area contributed by atoms with Gasteiger partial charge in [-0.2, -0.15) is 0 Å². The van der Waals surface area contributed by atoms with E-state index in [4.69, 9.17) is 10.2 Å². The maximum absolute atomic E-state index is 9.23. The molecule has 0 bridgehead atoms. The van der Waals surface area contributed by atoms with Gasteiger partial charge in [0.1, 0.15) is 0 Å². The molecule has 0 unspecified atom stereocenters. The first-order valence-electron chi connectivity index (χ1n) is 5.09. The Labute approximate surface area is 103 Å². The molecule has 0 aliphatic carbocycles. The minimum Gasteiger partial charge on any atom is -0.395 e. The summed E-state index contributed by atoms with van der Waals surface area (Å²) in [6, 6.07) is 5.54. The summed E-state index contributed by atoms with van der Waals surface area (Å²) in [5.41, 5.74) is 1.62. The van der Waals surface area contributed by atoms with Crippen LogP contribution < -0.4 is 4.90 Å². The Morgan fingerprint density at radius 1 is 1.06 bits per heavy atom. The van der Waals surface area contributed by atoms with Gasteiger partial charge < -0.3 is 20.2 Å². The number of aliphatic hydroxyl groups excluding tert-OH is 3. The molecule has 0 saturated heterocycles. The van der Waals surface area contributed by atoms with Crippen molar-refractivity contribution in [1.82, 2.24) is 0 Å². The second kappa shape index (κ2) is 6.85. The first-order valence-corrected chi connectivity index (χ1v) is 5.88. The van der Waals surface area contributed by atoms with E-state index in [0.29, 0.717) is 13.1 Å². The molecule has 0 aliphatic heterocycles. The van der Waals surface area contributed by atoms with Gasteiger partial charge in [0.25, 0.3) is 0 Å². The van der Waals surface area contributed by atoms with Crippen molar-refractivity contribution < 1.29 is 15.3 Å². The third-order valence-corrected chi connectivity index (χ3v) is 2.79. The molecule has 3 N–H and O–H groups in total. The van der Waals surface area contributed by atoms with Gasteiger partial charge in [0.05, 0.1) is 19.8 Å². The topological polar surface area (TPSA) is 63.9 Å². The molecule has 0 atom stereocenters. The Kier molecular flexibility index (Phi) is 5.76. The summed E-state index contributed by atoms with van der Waals surface area (Å²) < 4.78 is 0.903. The zero-order chi connectivity index (χ0) is 12.0. The van der Waals surface area contributed by atoms with Crippen LogP contribution in [0.5, 0.6) is 0 Å². The van der Waals surface area contributed by atoms with Gasteiger partial charge in [-0.05, 0) is 12.1 Å². The van der Waals surface area contributed by atoms with E-state index < -0.39 is 0 Å². The molecule has 5 heteroatoms. The predicted molar refractivity (Wildman–Crippen MR) is 66.4 cm³/mol. The molecular formula is C11H16BrNO3. The van der Waals surface area contributed by atoms with Crippen molar-refractivity contribution in [1.29, 1.82) is 0 Å². The highest BCUT2D eigenvalue weighted by molar-refractivity contribution is 9.10. The molecule has 1 aromatic rings. The van der Waals surface area contributed by atoms with E-state index in [2.05, 4.69) is 15.9 Å². The van der Waals surface area contributed by atoms with Crippen LogP contribution in [0, 0.1) is 0 Å². The van der Waals surface area contributed by atoms with Gasteiger partial charge in [-0.3, -0.25) is 0 Å². The van der Waals surface area contributed by atoms with E-state index in [1.165, 1.54) is 0 Å². The van der Waals surface area contributed by atoms with Crippen LogP contribution in [-0.4, -0.2) is 41.6 Å². The van der Waals surface area contributed by atoms with Crippen LogP contribution in [0.2, 0.25) is 0 Å². The summed E-state index contributed by atoms with van der Waals surface area (Å²) in [4.78, 5) is 1.84. The number of halogens is 1. The lowest BCUT2D eigenvalue weighted by molar-refractivity contribution is 0.274. The van der Waals surface area contributed by atoms with Gasteiger partial charge in [0, 0.05) is 28.8 Å². The molecule has 16 heavy (non-hydrogen) atoms. The smallest absolute Gasteiger partial charge is 0.0702 e. The van der Waals surface area contributed by atoms with E-state index in [9.17, 15) is 5.11 Å². The maximum atomic E-state index is 9.23. The SMILES string of the molecule is OCCN(CCO)c1cc(Br)ccc1CO. The molecule has 1 aromatic carbocycles. The molecule has 0 radical (unpaired) electrons. The van der Waals surface area contributed by atoms with Crippen molar-refractivity contribution in [3.63, 3.8) is 0 Å². The van der Waals surface area contributed by atoms with Crippen LogP contribution >= 0.6 is 15.9 Å². The molecule has 0 amide bonds. The van der Waals surface area contributed by atoms with E-state index >= 15 is 0 Å². The van der Waals surface area contributed by atoms with Crippen LogP contribution in [0.3, 0.4) is 0 Å². The van der Waals surface area contributed by atoms with E-state index in [-0.39, 0.29) is 19.8 Å². The predicted octanol–water partition coefficient (Wildman–Crippen LogP) is 0.732. The van der Waals surface area contributed by atoms with Crippen LogP contribution in [0.1, 0.15) is 5.56 Å². The normalized spacial score (nSPS) is 10.5. The quantitative estimate of drug-likeness (QED) is 0.723. The van der Waals surface area contributed by atoms with Crippen LogP contribution in [0.25, 0.3) is 0 Å². The minimum absolute atomic E-state index is 0.0113. The van der Waals surface area contributed by atoms with Crippen LogP contribution in [-0.2, 0) is 6.61 Å². The fourth-order valence-corrected chi connectivity index (χ4v) is 1.91. The highest BCUT2D eigenvalue weighted by Gasteiger charge is 2.10. The Hall–Kier alpha value is -0.620. The molecule has 0 aromatic heterocycles. The zero-order valence-electron chi connectivity index (χ0n) is 8.93. The number of hydrogen-bond donors (Lipinski definition) is 3. The van der Waals surface area contributed by atoms with Crippen LogP contribution in [0.4, 0.5) is 5.69 Å². The fourth-order valence-electron chi connectivity index (χ4n) is 1.56. The number of nitrogens with zero attached hydrogens (tertiary/aromatic N) is 1. The summed E-state index contributed by atoms with van der Waals surface area (Å²) in [7, 11) is 0. The molecule has 0 aliphatic rings. The van der Waals surface area contributed by atoms with Crippen molar-refractivity contribution >= 4 is 21.6 Å². The molecule has 0 saturated carbocycles. The highest BCUT2D eigenvalue weighted by atomic mass is 79.9. The maximum Gasteiger partial charge on any atom is 0.0702 e. The van der Waals surface area contributed by atoms with Crippen molar-refractivity contribution in [2.45, 2.75) is 6.61 Å². The molecule has 1 rings (SSSR count). The highest BCUT2D eigenvalue weighted by Crippen LogP contribution is 2.25. The minimum atomic E-state index is -0.0596. The molecular weight excluding hydrogens is 274 g/mol. The first-order chi connectivity index (χ1) is 7.72. The summed E-state index contributed by atoms with van der Waals surface area (Å²) in [5, 5.41) is 27.1. The molecule has 0 heterocycles. The van der Waals surface area contributed by atoms with E-state index in [0.717, 1.165) is 15.7 Å². The van der Waals surface area contributed by atoms with Crippen molar-refractivity contribution in [2.24, 2.45) is 0 Å². The summed E-state index contributed by atoms with van der Waals surface area (Å²) in [6.45, 7) is 0.832. The molecule has 0 fully saturated rings. The number of benzene rings is 1. The Balaban J connectivity index is 3.00. The first kappa shape index (κ1) is 13.4. The number of anilines is 1. The van der Waals surface area contributed by atoms with Gasteiger partial charge in [-0.1, -0.05) is 22.0 Å². The second-order valence-electron chi connectivity index (χ2n) is 3.37. The standard InChI is InChI=1S/C11H16BrNO3/c12-10-2-1-9(8-16)11(7-10)13(3-5-14)4-6-15/h1-2,7,14-16H,3-6,8H2. The lowest BCUT2D eigenvalue weighted by atomic mass is 10.1. The van der Waals surface area contributed by atoms with Crippen LogP contribution in [0.15, 0.2) is 22.7 Å². The van der Waals surface area contributed by atoms with Gasteiger partial charge in [-0.15, -0.1) is 0 Å². The Morgan fingerprint density at radius 3 is 2.19 bits per heavy atom. The number of rotatable bonds is 6. The monoisotopic (exact) mass is 289 g/mol. The van der Waals surface area contributed by atoms with E-state index in [1.54, 1.807) is 0 Å². The largest absolute Gasteiger partial charge is 0.395 e. The van der Waals surface area contributed by atoms with Crippen molar-refractivity contribution in [3.8, 4) is 0 Å². The summed E-state index contributed by atoms with van der Waals surface area (Å²) >= 11 is 3.36. The average molecular weight is 290 g/mol. The Bertz CT molecular complexity index is 327. The van der Waals surface area contributed by atoms with Gasteiger partial charge in [0.2, 0.25) is 0 Å². The second-order valence-corrected chi connectivity index (χ2v) is 4.28. The van der Waals surface area contributed by atoms with E-state index in [1.807, 2.05) is 23.1 Å². The number of aliphatic hydroxyl groups is 3. The third kappa shape index (κ3) is 3.45. The molecule has 90 valence electrons. The summed E-state index contributed by atoms with van der Waals surface area (Å²) in [5.74, 6) is 0. The Morgan fingerprint density at radius 2 is 1.69 bits per heavy atom. The lowest BCUT2D eigenvalue weighted by Gasteiger charge is -2.25. The molecule has 0 spiro atoms.